The Morgan fingerprint density at radius 2 is 2.07 bits per heavy atom. The molecule has 3 rings (SSSR count). The van der Waals surface area contributed by atoms with Crippen molar-refractivity contribution in [2.75, 3.05) is 5.32 Å². The van der Waals surface area contributed by atoms with E-state index in [1.54, 1.807) is 0 Å². The van der Waals surface area contributed by atoms with Crippen LogP contribution in [0.5, 0.6) is 0 Å². The van der Waals surface area contributed by atoms with Gasteiger partial charge in [0.05, 0.1) is 10.6 Å². The number of allylic oxidation sites excluding steroid dienone is 1. The molecule has 9 heteroatoms. The number of hydrogen-bond donors (Lipinski definition) is 1. The molecule has 0 aliphatic heterocycles. The van der Waals surface area contributed by atoms with Crippen LogP contribution in [0.3, 0.4) is 0 Å². The Kier molecular flexibility index (Phi) is 5.59. The molecule has 0 spiro atoms. The van der Waals surface area contributed by atoms with Crippen LogP contribution in [0.2, 0.25) is 0 Å². The zero-order valence-corrected chi connectivity index (χ0v) is 15.9. The maximum atomic E-state index is 13.4. The van der Waals surface area contributed by atoms with Crippen molar-refractivity contribution in [1.29, 1.82) is 5.26 Å². The number of hydrogen-bond acceptors (Lipinski definition) is 6. The van der Waals surface area contributed by atoms with Crippen LogP contribution in [0.4, 0.5) is 15.8 Å². The first kappa shape index (κ1) is 18.7. The average Bonchev–Trinajstić information content (AvgIpc) is 3.14. The van der Waals surface area contributed by atoms with Gasteiger partial charge in [-0.15, -0.1) is 11.3 Å². The smallest absolute Gasteiger partial charge is 0.306 e. The van der Waals surface area contributed by atoms with Gasteiger partial charge in [-0.2, -0.15) is 9.65 Å². The zero-order chi connectivity index (χ0) is 19.4. The van der Waals surface area contributed by atoms with Crippen molar-refractivity contribution >= 4 is 44.2 Å². The van der Waals surface area contributed by atoms with E-state index in [0.717, 1.165) is 27.9 Å². The highest BCUT2D eigenvalue weighted by atomic mass is 79.9. The summed E-state index contributed by atoms with van der Waals surface area (Å²) < 4.78 is 14.3. The van der Waals surface area contributed by atoms with Crippen molar-refractivity contribution in [2.45, 2.75) is 0 Å². The third-order valence-electron chi connectivity index (χ3n) is 3.52. The summed E-state index contributed by atoms with van der Waals surface area (Å²) in [4.78, 5) is 14.5. The Balaban J connectivity index is 1.83. The number of rotatable bonds is 5. The van der Waals surface area contributed by atoms with E-state index in [9.17, 15) is 19.8 Å². The number of anilines is 1. The first-order valence-electron chi connectivity index (χ1n) is 7.50. The normalized spacial score (nSPS) is 11.1. The lowest BCUT2D eigenvalue weighted by Crippen LogP contribution is -1.96. The summed E-state index contributed by atoms with van der Waals surface area (Å²) in [6.07, 6.45) is 1.39. The summed E-state index contributed by atoms with van der Waals surface area (Å²) in [6, 6.07) is 13.1. The number of halogens is 2. The van der Waals surface area contributed by atoms with Crippen LogP contribution in [0.25, 0.3) is 16.8 Å². The van der Waals surface area contributed by atoms with Gasteiger partial charge < -0.3 is 5.32 Å². The van der Waals surface area contributed by atoms with Crippen molar-refractivity contribution in [3.63, 3.8) is 0 Å². The average molecular weight is 445 g/mol. The van der Waals surface area contributed by atoms with Gasteiger partial charge in [-0.1, -0.05) is 28.1 Å². The van der Waals surface area contributed by atoms with Crippen LogP contribution >= 0.6 is 27.3 Å². The van der Waals surface area contributed by atoms with Gasteiger partial charge in [-0.3, -0.25) is 10.1 Å². The minimum atomic E-state index is -0.922. The molecule has 134 valence electrons. The third kappa shape index (κ3) is 4.36. The molecular formula is C18H10BrFN4O2S. The van der Waals surface area contributed by atoms with E-state index < -0.39 is 16.4 Å². The molecule has 0 atom stereocenters. The van der Waals surface area contributed by atoms with Crippen LogP contribution in [0.15, 0.2) is 58.5 Å². The molecule has 1 aromatic heterocycles. The minimum Gasteiger partial charge on any atom is -0.360 e. The maximum absolute atomic E-state index is 13.4. The van der Waals surface area contributed by atoms with E-state index in [1.807, 2.05) is 35.7 Å². The van der Waals surface area contributed by atoms with Crippen LogP contribution in [0, 0.1) is 27.3 Å². The van der Waals surface area contributed by atoms with Crippen molar-refractivity contribution in [2.24, 2.45) is 0 Å². The first-order valence-corrected chi connectivity index (χ1v) is 9.18. The highest BCUT2D eigenvalue weighted by Gasteiger charge is 2.14. The van der Waals surface area contributed by atoms with E-state index in [2.05, 4.69) is 26.2 Å². The van der Waals surface area contributed by atoms with Crippen molar-refractivity contribution < 1.29 is 9.31 Å². The zero-order valence-electron chi connectivity index (χ0n) is 13.5. The molecule has 0 saturated heterocycles. The predicted molar refractivity (Wildman–Crippen MR) is 106 cm³/mol. The lowest BCUT2D eigenvalue weighted by atomic mass is 10.2. The third-order valence-corrected chi connectivity index (χ3v) is 4.93. The molecule has 0 fully saturated rings. The van der Waals surface area contributed by atoms with Gasteiger partial charge in [-0.05, 0) is 24.3 Å². The fraction of sp³-hybridized carbons (Fsp3) is 0. The second-order valence-electron chi connectivity index (χ2n) is 5.28. The quantitative estimate of drug-likeness (QED) is 0.314. The van der Waals surface area contributed by atoms with Gasteiger partial charge >= 0.3 is 5.69 Å². The Hall–Kier alpha value is -3.09. The number of benzene rings is 2. The number of aromatic nitrogens is 1. The SMILES string of the molecule is N#C/C(=C\Nc1ccc(F)c([N+](=O)[O-])c1)c1nc(-c2ccc(Br)cc2)cs1. The van der Waals surface area contributed by atoms with Crippen LogP contribution in [-0.2, 0) is 0 Å². The monoisotopic (exact) mass is 444 g/mol. The summed E-state index contributed by atoms with van der Waals surface area (Å²) in [6.45, 7) is 0. The van der Waals surface area contributed by atoms with E-state index in [4.69, 9.17) is 0 Å². The number of thiazole rings is 1. The van der Waals surface area contributed by atoms with Crippen LogP contribution in [-0.4, -0.2) is 9.91 Å². The van der Waals surface area contributed by atoms with Gasteiger partial charge in [0.1, 0.15) is 16.6 Å². The molecule has 0 radical (unpaired) electrons. The number of nitrogens with zero attached hydrogens (tertiary/aromatic N) is 3. The predicted octanol–water partition coefficient (Wildman–Crippen LogP) is 5.60. The number of nitro benzene ring substituents is 1. The highest BCUT2D eigenvalue weighted by Crippen LogP contribution is 2.27. The molecule has 6 nitrogen and oxygen atoms in total. The molecule has 0 aliphatic carbocycles. The fourth-order valence-electron chi connectivity index (χ4n) is 2.19. The van der Waals surface area contributed by atoms with Crippen LogP contribution in [0.1, 0.15) is 5.01 Å². The van der Waals surface area contributed by atoms with Gasteiger partial charge in [0.2, 0.25) is 5.82 Å². The molecule has 1 N–H and O–H groups in total. The Labute approximate surface area is 165 Å². The molecule has 0 unspecified atom stereocenters. The molecule has 0 saturated carbocycles. The molecule has 0 amide bonds. The van der Waals surface area contributed by atoms with Crippen LogP contribution < -0.4 is 5.32 Å². The van der Waals surface area contributed by atoms with E-state index in [-0.39, 0.29) is 5.57 Å². The summed E-state index contributed by atoms with van der Waals surface area (Å²) in [5, 5.41) is 25.3. The fourth-order valence-corrected chi connectivity index (χ4v) is 3.25. The first-order chi connectivity index (χ1) is 13.0. The lowest BCUT2D eigenvalue weighted by Gasteiger charge is -2.02. The topological polar surface area (TPSA) is 91.8 Å². The van der Waals surface area contributed by atoms with Crippen molar-refractivity contribution in [1.82, 2.24) is 4.98 Å². The lowest BCUT2D eigenvalue weighted by molar-refractivity contribution is -0.387. The van der Waals surface area contributed by atoms with E-state index in [0.29, 0.717) is 10.7 Å². The van der Waals surface area contributed by atoms with E-state index in [1.165, 1.54) is 23.6 Å². The number of nitro groups is 1. The van der Waals surface area contributed by atoms with E-state index >= 15 is 0 Å². The summed E-state index contributed by atoms with van der Waals surface area (Å²) in [7, 11) is 0. The van der Waals surface area contributed by atoms with Gasteiger partial charge in [0, 0.05) is 33.4 Å². The summed E-state index contributed by atoms with van der Waals surface area (Å²) in [5.41, 5.74) is 1.57. The summed E-state index contributed by atoms with van der Waals surface area (Å²) >= 11 is 4.68. The molecule has 27 heavy (non-hydrogen) atoms. The number of nitriles is 1. The standard InChI is InChI=1S/C18H10BrFN4O2S/c19-13-3-1-11(2-4-13)16-10-27-18(23-16)12(8-21)9-22-14-5-6-15(20)17(7-14)24(25)26/h1-7,9-10,22H/b12-9+. The molecule has 1 heterocycles. The Morgan fingerprint density at radius 1 is 1.33 bits per heavy atom. The van der Waals surface area contributed by atoms with Crippen molar-refractivity contribution in [3.8, 4) is 17.3 Å². The van der Waals surface area contributed by atoms with Crippen molar-refractivity contribution in [3.05, 3.63) is 79.5 Å². The van der Waals surface area contributed by atoms with Gasteiger partial charge in [0.25, 0.3) is 0 Å². The molecular weight excluding hydrogens is 435 g/mol. The second-order valence-corrected chi connectivity index (χ2v) is 7.06. The molecule has 3 aromatic rings. The highest BCUT2D eigenvalue weighted by molar-refractivity contribution is 9.10. The largest absolute Gasteiger partial charge is 0.360 e. The van der Waals surface area contributed by atoms with Gasteiger partial charge in [0.15, 0.2) is 0 Å². The van der Waals surface area contributed by atoms with Gasteiger partial charge in [-0.25, -0.2) is 4.98 Å². The Morgan fingerprint density at radius 3 is 2.74 bits per heavy atom. The molecule has 0 aliphatic rings. The molecule has 2 aromatic carbocycles. The second kappa shape index (κ2) is 8.07. The summed E-state index contributed by atoms with van der Waals surface area (Å²) in [5.74, 6) is -0.922. The Bertz CT molecular complexity index is 1070. The minimum absolute atomic E-state index is 0.260. The number of nitrogens with one attached hydrogen (secondary N) is 1. The molecule has 0 bridgehead atoms. The maximum Gasteiger partial charge on any atom is 0.306 e.